The van der Waals surface area contributed by atoms with Gasteiger partial charge in [0.2, 0.25) is 0 Å². The highest BCUT2D eigenvalue weighted by molar-refractivity contribution is 7.98. The molecule has 0 atom stereocenters. The molecular weight excluding hydrogens is 237 g/mol. The average Bonchev–Trinajstić information content (AvgIpc) is 2.32. The standard InChI is InChI=1S/C12H12FN3S/c1-8-6-15-11(16-12(8)14)7-17-10-5-3-2-4-9(10)13/h2-6H,7H2,1H3,(H2,14,15,16). The highest BCUT2D eigenvalue weighted by Gasteiger charge is 2.04. The van der Waals surface area contributed by atoms with Gasteiger partial charge < -0.3 is 5.73 Å². The van der Waals surface area contributed by atoms with E-state index in [1.807, 2.05) is 6.92 Å². The van der Waals surface area contributed by atoms with Crippen LogP contribution in [0.1, 0.15) is 11.4 Å². The van der Waals surface area contributed by atoms with Crippen molar-refractivity contribution in [1.82, 2.24) is 9.97 Å². The summed E-state index contributed by atoms with van der Waals surface area (Å²) in [5.74, 6) is 1.37. The van der Waals surface area contributed by atoms with Crippen LogP contribution in [-0.4, -0.2) is 9.97 Å². The van der Waals surface area contributed by atoms with Gasteiger partial charge in [0.25, 0.3) is 0 Å². The molecule has 2 aromatic rings. The van der Waals surface area contributed by atoms with Gasteiger partial charge in [0.15, 0.2) is 0 Å². The second-order valence-electron chi connectivity index (χ2n) is 3.57. The van der Waals surface area contributed by atoms with E-state index in [4.69, 9.17) is 5.73 Å². The van der Waals surface area contributed by atoms with Gasteiger partial charge >= 0.3 is 0 Å². The summed E-state index contributed by atoms with van der Waals surface area (Å²) in [6.07, 6.45) is 1.68. The van der Waals surface area contributed by atoms with E-state index in [9.17, 15) is 4.39 Å². The number of aryl methyl sites for hydroxylation is 1. The maximum atomic E-state index is 13.3. The van der Waals surface area contributed by atoms with E-state index in [0.717, 1.165) is 5.56 Å². The van der Waals surface area contributed by atoms with Gasteiger partial charge in [0.1, 0.15) is 17.5 Å². The second kappa shape index (κ2) is 5.14. The van der Waals surface area contributed by atoms with Gasteiger partial charge in [-0.25, -0.2) is 14.4 Å². The van der Waals surface area contributed by atoms with Gasteiger partial charge in [0, 0.05) is 16.7 Å². The van der Waals surface area contributed by atoms with Crippen LogP contribution in [0.3, 0.4) is 0 Å². The van der Waals surface area contributed by atoms with Gasteiger partial charge in [0.05, 0.1) is 5.75 Å². The van der Waals surface area contributed by atoms with Crippen molar-refractivity contribution in [3.05, 3.63) is 47.7 Å². The van der Waals surface area contributed by atoms with Gasteiger partial charge in [-0.05, 0) is 19.1 Å². The van der Waals surface area contributed by atoms with Crippen molar-refractivity contribution in [2.45, 2.75) is 17.6 Å². The fraction of sp³-hybridized carbons (Fsp3) is 0.167. The van der Waals surface area contributed by atoms with Crippen LogP contribution in [-0.2, 0) is 5.75 Å². The summed E-state index contributed by atoms with van der Waals surface area (Å²) in [7, 11) is 0. The van der Waals surface area contributed by atoms with Crippen molar-refractivity contribution in [3.8, 4) is 0 Å². The lowest BCUT2D eigenvalue weighted by atomic mass is 10.3. The van der Waals surface area contributed by atoms with Crippen molar-refractivity contribution in [1.29, 1.82) is 0 Å². The van der Waals surface area contributed by atoms with Gasteiger partial charge in [-0.2, -0.15) is 0 Å². The molecule has 2 rings (SSSR count). The Morgan fingerprint density at radius 3 is 2.82 bits per heavy atom. The van der Waals surface area contributed by atoms with Crippen LogP contribution in [0, 0.1) is 12.7 Å². The molecule has 0 bridgehead atoms. The molecular formula is C12H12FN3S. The van der Waals surface area contributed by atoms with Crippen molar-refractivity contribution in [3.63, 3.8) is 0 Å². The molecule has 5 heteroatoms. The predicted octanol–water partition coefficient (Wildman–Crippen LogP) is 2.80. The molecule has 0 aliphatic heterocycles. The van der Waals surface area contributed by atoms with E-state index in [1.54, 1.807) is 24.4 Å². The lowest BCUT2D eigenvalue weighted by molar-refractivity contribution is 0.602. The molecule has 0 spiro atoms. The molecule has 0 amide bonds. The zero-order valence-corrected chi connectivity index (χ0v) is 10.2. The van der Waals surface area contributed by atoms with E-state index in [-0.39, 0.29) is 5.82 Å². The molecule has 0 fully saturated rings. The Morgan fingerprint density at radius 2 is 2.12 bits per heavy atom. The smallest absolute Gasteiger partial charge is 0.140 e. The molecule has 0 unspecified atom stereocenters. The molecule has 1 aromatic carbocycles. The highest BCUT2D eigenvalue weighted by Crippen LogP contribution is 2.24. The molecule has 0 radical (unpaired) electrons. The minimum absolute atomic E-state index is 0.224. The molecule has 88 valence electrons. The number of thioether (sulfide) groups is 1. The third-order valence-corrected chi connectivity index (χ3v) is 3.30. The second-order valence-corrected chi connectivity index (χ2v) is 4.59. The first kappa shape index (κ1) is 11.9. The number of halogens is 1. The molecule has 0 saturated carbocycles. The van der Waals surface area contributed by atoms with Crippen LogP contribution in [0.25, 0.3) is 0 Å². The third kappa shape index (κ3) is 2.94. The van der Waals surface area contributed by atoms with Crippen molar-refractivity contribution in [2.24, 2.45) is 0 Å². The average molecular weight is 249 g/mol. The molecule has 0 saturated heterocycles. The Bertz CT molecular complexity index is 531. The maximum absolute atomic E-state index is 13.3. The van der Waals surface area contributed by atoms with E-state index in [1.165, 1.54) is 17.8 Å². The van der Waals surface area contributed by atoms with Crippen LogP contribution in [0.4, 0.5) is 10.2 Å². The van der Waals surface area contributed by atoms with Gasteiger partial charge in [-0.15, -0.1) is 11.8 Å². The minimum atomic E-state index is -0.224. The Kier molecular flexibility index (Phi) is 3.58. The minimum Gasteiger partial charge on any atom is -0.383 e. The number of nitrogen functional groups attached to an aromatic ring is 1. The number of benzene rings is 1. The van der Waals surface area contributed by atoms with E-state index >= 15 is 0 Å². The zero-order chi connectivity index (χ0) is 12.3. The van der Waals surface area contributed by atoms with Gasteiger partial charge in [-0.1, -0.05) is 12.1 Å². The van der Waals surface area contributed by atoms with Crippen LogP contribution in [0.5, 0.6) is 0 Å². The summed E-state index contributed by atoms with van der Waals surface area (Å²) in [4.78, 5) is 8.88. The first-order chi connectivity index (χ1) is 8.16. The maximum Gasteiger partial charge on any atom is 0.140 e. The first-order valence-corrected chi connectivity index (χ1v) is 6.10. The van der Waals surface area contributed by atoms with Gasteiger partial charge in [-0.3, -0.25) is 0 Å². The zero-order valence-electron chi connectivity index (χ0n) is 9.35. The molecule has 0 aliphatic carbocycles. The van der Waals surface area contributed by atoms with Crippen molar-refractivity contribution < 1.29 is 4.39 Å². The lowest BCUT2D eigenvalue weighted by Crippen LogP contribution is -2.00. The van der Waals surface area contributed by atoms with E-state index in [0.29, 0.717) is 22.3 Å². The number of hydrogen-bond acceptors (Lipinski definition) is 4. The Morgan fingerprint density at radius 1 is 1.35 bits per heavy atom. The summed E-state index contributed by atoms with van der Waals surface area (Å²) in [6.45, 7) is 1.85. The quantitative estimate of drug-likeness (QED) is 0.850. The predicted molar refractivity (Wildman–Crippen MR) is 67.1 cm³/mol. The highest BCUT2D eigenvalue weighted by atomic mass is 32.2. The van der Waals surface area contributed by atoms with Crippen LogP contribution in [0.15, 0.2) is 35.4 Å². The largest absolute Gasteiger partial charge is 0.383 e. The number of aromatic nitrogens is 2. The Labute approximate surface area is 103 Å². The summed E-state index contributed by atoms with van der Waals surface area (Å²) in [5.41, 5.74) is 6.54. The van der Waals surface area contributed by atoms with E-state index in [2.05, 4.69) is 9.97 Å². The van der Waals surface area contributed by atoms with Crippen molar-refractivity contribution in [2.75, 3.05) is 5.73 Å². The molecule has 1 heterocycles. The topological polar surface area (TPSA) is 51.8 Å². The fourth-order valence-corrected chi connectivity index (χ4v) is 2.07. The normalized spacial score (nSPS) is 10.5. The van der Waals surface area contributed by atoms with Crippen LogP contribution in [0.2, 0.25) is 0 Å². The summed E-state index contributed by atoms with van der Waals surface area (Å²) in [5, 5.41) is 0. The lowest BCUT2D eigenvalue weighted by Gasteiger charge is -2.04. The SMILES string of the molecule is Cc1cnc(CSc2ccccc2F)nc1N. The summed E-state index contributed by atoms with van der Waals surface area (Å²) < 4.78 is 13.3. The Hall–Kier alpha value is -1.62. The molecule has 17 heavy (non-hydrogen) atoms. The third-order valence-electron chi connectivity index (χ3n) is 2.25. The first-order valence-electron chi connectivity index (χ1n) is 5.12. The molecule has 3 nitrogen and oxygen atoms in total. The molecule has 0 aliphatic rings. The number of rotatable bonds is 3. The number of hydrogen-bond donors (Lipinski definition) is 1. The fourth-order valence-electron chi connectivity index (χ4n) is 1.27. The molecule has 2 N–H and O–H groups in total. The van der Waals surface area contributed by atoms with E-state index < -0.39 is 0 Å². The Balaban J connectivity index is 2.08. The number of anilines is 1. The monoisotopic (exact) mass is 249 g/mol. The summed E-state index contributed by atoms with van der Waals surface area (Å²) in [6, 6.07) is 6.64. The molecule has 1 aromatic heterocycles. The van der Waals surface area contributed by atoms with Crippen molar-refractivity contribution >= 4 is 17.6 Å². The van der Waals surface area contributed by atoms with Crippen LogP contribution >= 0.6 is 11.8 Å². The summed E-state index contributed by atoms with van der Waals surface area (Å²) >= 11 is 1.36. The number of nitrogens with two attached hydrogens (primary N) is 1. The number of nitrogens with zero attached hydrogens (tertiary/aromatic N) is 2. The van der Waals surface area contributed by atoms with Crippen LogP contribution < -0.4 is 5.73 Å².